The lowest BCUT2D eigenvalue weighted by Gasteiger charge is -2.09. The Balaban J connectivity index is 1.79. The number of carbonyl (C=O) groups excluding carboxylic acids is 1. The normalized spacial score (nSPS) is 10.7. The highest BCUT2D eigenvalue weighted by Gasteiger charge is 2.10. The number of phenols is 1. The number of benzene rings is 2. The maximum Gasteiger partial charge on any atom is 0.228 e. The van der Waals surface area contributed by atoms with Crippen LogP contribution in [0.3, 0.4) is 0 Å². The van der Waals surface area contributed by atoms with Gasteiger partial charge in [0.1, 0.15) is 5.75 Å². The molecule has 0 spiro atoms. The Labute approximate surface area is 122 Å². The zero-order chi connectivity index (χ0) is 14.8. The number of rotatable bonds is 3. The third-order valence-corrected chi connectivity index (χ3v) is 3.61. The van der Waals surface area contributed by atoms with Gasteiger partial charge in [-0.25, -0.2) is 0 Å². The van der Waals surface area contributed by atoms with Gasteiger partial charge in [-0.1, -0.05) is 24.3 Å². The highest BCUT2D eigenvalue weighted by atomic mass is 16.3. The summed E-state index contributed by atoms with van der Waals surface area (Å²) in [5.41, 5.74) is 3.29. The minimum atomic E-state index is -0.103. The van der Waals surface area contributed by atoms with E-state index in [1.54, 1.807) is 25.1 Å². The molecule has 0 saturated carbocycles. The summed E-state index contributed by atoms with van der Waals surface area (Å²) in [5.74, 6) is 0.0772. The van der Waals surface area contributed by atoms with Gasteiger partial charge in [0.2, 0.25) is 5.91 Å². The van der Waals surface area contributed by atoms with Crippen molar-refractivity contribution in [2.45, 2.75) is 13.3 Å². The average molecular weight is 280 g/mol. The smallest absolute Gasteiger partial charge is 0.228 e. The molecule has 4 heteroatoms. The van der Waals surface area contributed by atoms with Crippen molar-refractivity contribution in [1.82, 2.24) is 4.98 Å². The van der Waals surface area contributed by atoms with Crippen LogP contribution in [0.2, 0.25) is 0 Å². The Kier molecular flexibility index (Phi) is 3.36. The summed E-state index contributed by atoms with van der Waals surface area (Å²) < 4.78 is 0. The number of aromatic hydroxyl groups is 1. The maximum absolute atomic E-state index is 12.2. The van der Waals surface area contributed by atoms with Crippen molar-refractivity contribution < 1.29 is 9.90 Å². The molecule has 0 aliphatic carbocycles. The van der Waals surface area contributed by atoms with Crippen LogP contribution in [0.15, 0.2) is 48.7 Å². The van der Waals surface area contributed by atoms with Crippen molar-refractivity contribution in [2.75, 3.05) is 5.32 Å². The van der Waals surface area contributed by atoms with E-state index in [0.29, 0.717) is 17.7 Å². The van der Waals surface area contributed by atoms with Crippen LogP contribution in [0.4, 0.5) is 5.69 Å². The minimum absolute atomic E-state index is 0.103. The highest BCUT2D eigenvalue weighted by molar-refractivity contribution is 5.96. The summed E-state index contributed by atoms with van der Waals surface area (Å²) in [5, 5.41) is 13.6. The van der Waals surface area contributed by atoms with Gasteiger partial charge in [-0.3, -0.25) is 4.79 Å². The molecular formula is C17H16N2O2. The number of H-pyrrole nitrogens is 1. The predicted molar refractivity (Wildman–Crippen MR) is 83.5 cm³/mol. The number of hydrogen-bond acceptors (Lipinski definition) is 2. The van der Waals surface area contributed by atoms with Gasteiger partial charge in [-0.15, -0.1) is 0 Å². The molecular weight excluding hydrogens is 264 g/mol. The fraction of sp³-hybridized carbons (Fsp3) is 0.118. The molecule has 0 bridgehead atoms. The van der Waals surface area contributed by atoms with E-state index in [-0.39, 0.29) is 11.7 Å². The number of anilines is 1. The van der Waals surface area contributed by atoms with Crippen LogP contribution in [0.5, 0.6) is 5.75 Å². The summed E-state index contributed by atoms with van der Waals surface area (Å²) in [6, 6.07) is 13.0. The fourth-order valence-corrected chi connectivity index (χ4v) is 2.40. The number of para-hydroxylation sites is 1. The van der Waals surface area contributed by atoms with Crippen LogP contribution in [0.1, 0.15) is 11.1 Å². The lowest BCUT2D eigenvalue weighted by atomic mass is 10.1. The number of phenolic OH excluding ortho intramolecular Hbond substituents is 1. The molecule has 21 heavy (non-hydrogen) atoms. The van der Waals surface area contributed by atoms with Crippen LogP contribution in [0.25, 0.3) is 10.9 Å². The molecule has 0 radical (unpaired) electrons. The second-order valence-electron chi connectivity index (χ2n) is 5.03. The molecule has 1 amide bonds. The molecule has 1 aromatic heterocycles. The van der Waals surface area contributed by atoms with Crippen molar-refractivity contribution in [3.8, 4) is 5.75 Å². The second-order valence-corrected chi connectivity index (χ2v) is 5.03. The molecule has 0 atom stereocenters. The molecule has 106 valence electrons. The van der Waals surface area contributed by atoms with Crippen molar-refractivity contribution in [1.29, 1.82) is 0 Å². The van der Waals surface area contributed by atoms with E-state index in [1.165, 1.54) is 0 Å². The minimum Gasteiger partial charge on any atom is -0.508 e. The number of carbonyl (C=O) groups is 1. The molecule has 3 N–H and O–H groups in total. The number of hydrogen-bond donors (Lipinski definition) is 3. The third kappa shape index (κ3) is 2.60. The van der Waals surface area contributed by atoms with Crippen molar-refractivity contribution in [3.63, 3.8) is 0 Å². The summed E-state index contributed by atoms with van der Waals surface area (Å²) in [6.45, 7) is 1.77. The van der Waals surface area contributed by atoms with Crippen LogP contribution >= 0.6 is 0 Å². The molecule has 0 fully saturated rings. The van der Waals surface area contributed by atoms with E-state index >= 15 is 0 Å². The molecule has 3 rings (SSSR count). The van der Waals surface area contributed by atoms with Gasteiger partial charge in [-0.2, -0.15) is 0 Å². The zero-order valence-electron chi connectivity index (χ0n) is 11.7. The Hall–Kier alpha value is -2.75. The number of aromatic amines is 1. The van der Waals surface area contributed by atoms with E-state index in [1.807, 2.05) is 30.5 Å². The Morgan fingerprint density at radius 2 is 2.00 bits per heavy atom. The molecule has 0 aliphatic heterocycles. The molecule has 4 nitrogen and oxygen atoms in total. The first kappa shape index (κ1) is 13.2. The van der Waals surface area contributed by atoms with Crippen molar-refractivity contribution in [2.24, 2.45) is 0 Å². The van der Waals surface area contributed by atoms with Gasteiger partial charge in [0.15, 0.2) is 0 Å². The van der Waals surface area contributed by atoms with Crippen LogP contribution in [-0.4, -0.2) is 16.0 Å². The van der Waals surface area contributed by atoms with Gasteiger partial charge >= 0.3 is 0 Å². The first-order valence-corrected chi connectivity index (χ1v) is 6.78. The topological polar surface area (TPSA) is 65.1 Å². The second kappa shape index (κ2) is 5.32. The summed E-state index contributed by atoms with van der Waals surface area (Å²) in [7, 11) is 0. The van der Waals surface area contributed by atoms with Gasteiger partial charge < -0.3 is 15.4 Å². The zero-order valence-corrected chi connectivity index (χ0v) is 11.7. The number of aromatic nitrogens is 1. The third-order valence-electron chi connectivity index (χ3n) is 3.61. The van der Waals surface area contributed by atoms with Crippen LogP contribution < -0.4 is 5.32 Å². The number of fused-ring (bicyclic) bond motifs is 1. The standard InChI is InChI=1S/C17H16N2O2/c1-11-14(7-4-8-16(11)20)19-17(21)9-12-10-18-15-6-3-2-5-13(12)15/h2-8,10,18,20H,9H2,1H3,(H,19,21). The fourth-order valence-electron chi connectivity index (χ4n) is 2.40. The summed E-state index contributed by atoms with van der Waals surface area (Å²) in [6.07, 6.45) is 2.15. The Morgan fingerprint density at radius 1 is 1.19 bits per heavy atom. The highest BCUT2D eigenvalue weighted by Crippen LogP contribution is 2.24. The van der Waals surface area contributed by atoms with Crippen molar-refractivity contribution >= 4 is 22.5 Å². The lowest BCUT2D eigenvalue weighted by Crippen LogP contribution is -2.14. The van der Waals surface area contributed by atoms with Gasteiger partial charge in [0.05, 0.1) is 6.42 Å². The molecule has 1 heterocycles. The van der Waals surface area contributed by atoms with Gasteiger partial charge in [-0.05, 0) is 30.7 Å². The van der Waals surface area contributed by atoms with Gasteiger partial charge in [0.25, 0.3) is 0 Å². The SMILES string of the molecule is Cc1c(O)cccc1NC(=O)Cc1c[nH]c2ccccc12. The largest absolute Gasteiger partial charge is 0.508 e. The maximum atomic E-state index is 12.2. The van der Waals surface area contributed by atoms with Crippen LogP contribution in [0, 0.1) is 6.92 Å². The monoisotopic (exact) mass is 280 g/mol. The Bertz CT molecular complexity index is 805. The van der Waals surface area contributed by atoms with E-state index < -0.39 is 0 Å². The molecule has 0 saturated heterocycles. The molecule has 2 aromatic carbocycles. The quantitative estimate of drug-likeness (QED) is 0.688. The van der Waals surface area contributed by atoms with Crippen molar-refractivity contribution in [3.05, 3.63) is 59.8 Å². The summed E-state index contributed by atoms with van der Waals surface area (Å²) in [4.78, 5) is 15.3. The van der Waals surface area contributed by atoms with Gasteiger partial charge in [0, 0.05) is 28.4 Å². The van der Waals surface area contributed by atoms with E-state index in [4.69, 9.17) is 0 Å². The van der Waals surface area contributed by atoms with E-state index in [0.717, 1.165) is 16.5 Å². The number of nitrogens with one attached hydrogen (secondary N) is 2. The first-order chi connectivity index (χ1) is 10.1. The molecule has 3 aromatic rings. The molecule has 0 unspecified atom stereocenters. The molecule has 0 aliphatic rings. The van der Waals surface area contributed by atoms with E-state index in [2.05, 4.69) is 10.3 Å². The van der Waals surface area contributed by atoms with Crippen LogP contribution in [-0.2, 0) is 11.2 Å². The predicted octanol–water partition coefficient (Wildman–Crippen LogP) is 3.36. The summed E-state index contributed by atoms with van der Waals surface area (Å²) >= 11 is 0. The lowest BCUT2D eigenvalue weighted by molar-refractivity contribution is -0.115. The Morgan fingerprint density at radius 3 is 2.86 bits per heavy atom. The number of amides is 1. The average Bonchev–Trinajstić information content (AvgIpc) is 2.87. The first-order valence-electron chi connectivity index (χ1n) is 6.78. The van der Waals surface area contributed by atoms with E-state index in [9.17, 15) is 9.90 Å².